The summed E-state index contributed by atoms with van der Waals surface area (Å²) in [6, 6.07) is 12.6. The highest BCUT2D eigenvalue weighted by Gasteiger charge is 2.42. The molecule has 0 bridgehead atoms. The van der Waals surface area contributed by atoms with Gasteiger partial charge in [-0.2, -0.15) is 13.2 Å². The zero-order valence-electron chi connectivity index (χ0n) is 16.4. The molecule has 0 fully saturated rings. The molecule has 3 amide bonds. The molecule has 3 rings (SSSR count). The maximum atomic E-state index is 12.8. The smallest absolute Gasteiger partial charge is 0.372 e. The monoisotopic (exact) mass is 435 g/mol. The van der Waals surface area contributed by atoms with Crippen LogP contribution in [-0.4, -0.2) is 41.2 Å². The molecule has 1 aliphatic heterocycles. The number of anilines is 1. The summed E-state index contributed by atoms with van der Waals surface area (Å²) in [5.41, 5.74) is -0.351. The van der Waals surface area contributed by atoms with E-state index >= 15 is 0 Å². The first-order valence-corrected chi connectivity index (χ1v) is 9.38. The molecule has 10 heteroatoms. The topological polar surface area (TPSA) is 108 Å². The fraction of sp³-hybridized carbons (Fsp3) is 0.286. The second kappa shape index (κ2) is 8.38. The van der Waals surface area contributed by atoms with Crippen LogP contribution in [0.15, 0.2) is 48.5 Å². The van der Waals surface area contributed by atoms with Gasteiger partial charge in [-0.15, -0.1) is 0 Å². The van der Waals surface area contributed by atoms with Crippen molar-refractivity contribution in [1.29, 1.82) is 0 Å². The molecule has 4 N–H and O–H groups in total. The number of alkyl halides is 3. The van der Waals surface area contributed by atoms with Crippen molar-refractivity contribution in [3.05, 3.63) is 54.1 Å². The summed E-state index contributed by atoms with van der Waals surface area (Å²) in [7, 11) is 0. The number of nitrogens with one attached hydrogen (secondary N) is 3. The Hall–Kier alpha value is -3.40. The molecule has 2 atom stereocenters. The van der Waals surface area contributed by atoms with E-state index in [-0.39, 0.29) is 0 Å². The van der Waals surface area contributed by atoms with E-state index in [4.69, 9.17) is 0 Å². The summed E-state index contributed by atoms with van der Waals surface area (Å²) in [5.74, 6) is -3.13. The lowest BCUT2D eigenvalue weighted by Gasteiger charge is -2.25. The van der Waals surface area contributed by atoms with Gasteiger partial charge < -0.3 is 21.1 Å². The molecular weight excluding hydrogens is 415 g/mol. The van der Waals surface area contributed by atoms with Gasteiger partial charge in [0.1, 0.15) is 6.04 Å². The van der Waals surface area contributed by atoms with Crippen LogP contribution >= 0.6 is 0 Å². The normalized spacial score (nSPS) is 17.3. The van der Waals surface area contributed by atoms with Gasteiger partial charge in [-0.1, -0.05) is 42.5 Å². The first-order chi connectivity index (χ1) is 14.5. The lowest BCUT2D eigenvalue weighted by atomic mass is 9.94. The van der Waals surface area contributed by atoms with Gasteiger partial charge in [0.2, 0.25) is 5.60 Å². The zero-order chi connectivity index (χ0) is 22.8. The Balaban J connectivity index is 1.82. The summed E-state index contributed by atoms with van der Waals surface area (Å²) < 4.78 is 36.8. The van der Waals surface area contributed by atoms with Crippen LogP contribution in [0.3, 0.4) is 0 Å². The number of amides is 3. The van der Waals surface area contributed by atoms with Crippen molar-refractivity contribution in [2.45, 2.75) is 31.2 Å². The van der Waals surface area contributed by atoms with E-state index in [1.54, 1.807) is 48.5 Å². The molecule has 1 heterocycles. The van der Waals surface area contributed by atoms with E-state index in [0.717, 1.165) is 12.5 Å². The standard InChI is InChI=1S/C21H20F3N3O4/c1-20(31,18(29)25-11-10-21(22,23)24)19(30)27-16-14-8-3-2-6-12(14)13-7-4-5-9-15(13)26-17(16)28/h2-9,16,31H,10-11H2,1H3,(H,25,29)(H,26,28)(H,27,30)/t16-,20-/m0/s1. The molecule has 0 aliphatic carbocycles. The maximum Gasteiger partial charge on any atom is 0.390 e. The molecule has 1 aliphatic rings. The number of aliphatic hydroxyl groups is 1. The molecule has 164 valence electrons. The van der Waals surface area contributed by atoms with Crippen LogP contribution in [0.5, 0.6) is 0 Å². The molecule has 0 saturated heterocycles. The summed E-state index contributed by atoms with van der Waals surface area (Å²) in [6.45, 7) is 0.0499. The molecule has 0 saturated carbocycles. The van der Waals surface area contributed by atoms with Crippen LogP contribution in [-0.2, 0) is 14.4 Å². The van der Waals surface area contributed by atoms with Crippen molar-refractivity contribution >= 4 is 23.4 Å². The Labute approximate surface area is 175 Å². The predicted octanol–water partition coefficient (Wildman–Crippen LogP) is 2.28. The second-order valence-corrected chi connectivity index (χ2v) is 7.22. The Kier molecular flexibility index (Phi) is 6.03. The largest absolute Gasteiger partial charge is 0.390 e. The minimum Gasteiger partial charge on any atom is -0.372 e. The summed E-state index contributed by atoms with van der Waals surface area (Å²) in [5, 5.41) is 17.3. The van der Waals surface area contributed by atoms with E-state index in [1.807, 2.05) is 5.32 Å². The highest BCUT2D eigenvalue weighted by molar-refractivity contribution is 6.10. The van der Waals surface area contributed by atoms with E-state index < -0.39 is 48.5 Å². The number of para-hydroxylation sites is 1. The van der Waals surface area contributed by atoms with Gasteiger partial charge in [0.15, 0.2) is 0 Å². The SMILES string of the molecule is C[C@](O)(C(=O)NCCC(F)(F)F)C(=O)N[C@@H]1C(=O)Nc2ccccc2-c2ccccc21. The number of carbonyl (C=O) groups is 3. The Morgan fingerprint density at radius 3 is 2.32 bits per heavy atom. The quantitative estimate of drug-likeness (QED) is 0.541. The zero-order valence-corrected chi connectivity index (χ0v) is 16.4. The van der Waals surface area contributed by atoms with Crippen molar-refractivity contribution in [1.82, 2.24) is 10.6 Å². The van der Waals surface area contributed by atoms with E-state index in [2.05, 4.69) is 10.6 Å². The Morgan fingerprint density at radius 2 is 1.65 bits per heavy atom. The van der Waals surface area contributed by atoms with Crippen molar-refractivity contribution in [2.75, 3.05) is 11.9 Å². The highest BCUT2D eigenvalue weighted by Crippen LogP contribution is 2.37. The minimum absolute atomic E-state index is 0.437. The van der Waals surface area contributed by atoms with E-state index in [0.29, 0.717) is 16.8 Å². The van der Waals surface area contributed by atoms with Gasteiger partial charge in [0, 0.05) is 17.8 Å². The maximum absolute atomic E-state index is 12.8. The minimum atomic E-state index is -4.50. The molecule has 0 aromatic heterocycles. The molecule has 0 unspecified atom stereocenters. The van der Waals surface area contributed by atoms with Crippen LogP contribution in [0.1, 0.15) is 24.9 Å². The molecule has 0 spiro atoms. The van der Waals surface area contributed by atoms with Gasteiger partial charge >= 0.3 is 6.18 Å². The number of carbonyl (C=O) groups excluding carboxylic acids is 3. The van der Waals surface area contributed by atoms with Gasteiger partial charge in [0.25, 0.3) is 17.7 Å². The highest BCUT2D eigenvalue weighted by atomic mass is 19.4. The third-order valence-corrected chi connectivity index (χ3v) is 4.86. The molecule has 2 aromatic rings. The third kappa shape index (κ3) is 4.85. The lowest BCUT2D eigenvalue weighted by molar-refractivity contribution is -0.154. The molecular formula is C21H20F3N3O4. The van der Waals surface area contributed by atoms with Crippen molar-refractivity contribution in [2.24, 2.45) is 0 Å². The van der Waals surface area contributed by atoms with Crippen molar-refractivity contribution < 1.29 is 32.7 Å². The predicted molar refractivity (Wildman–Crippen MR) is 106 cm³/mol. The van der Waals surface area contributed by atoms with Crippen LogP contribution in [0.4, 0.5) is 18.9 Å². The summed E-state index contributed by atoms with van der Waals surface area (Å²) >= 11 is 0. The Bertz CT molecular complexity index is 1020. The fourth-order valence-corrected chi connectivity index (χ4v) is 3.18. The Morgan fingerprint density at radius 1 is 1.03 bits per heavy atom. The van der Waals surface area contributed by atoms with Crippen LogP contribution in [0.2, 0.25) is 0 Å². The van der Waals surface area contributed by atoms with Gasteiger partial charge in [-0.25, -0.2) is 0 Å². The number of halogens is 3. The average molecular weight is 435 g/mol. The van der Waals surface area contributed by atoms with Gasteiger partial charge in [0.05, 0.1) is 6.42 Å². The first-order valence-electron chi connectivity index (χ1n) is 9.38. The molecule has 0 radical (unpaired) electrons. The average Bonchev–Trinajstić information content (AvgIpc) is 2.82. The van der Waals surface area contributed by atoms with Gasteiger partial charge in [-0.3, -0.25) is 14.4 Å². The number of fused-ring (bicyclic) bond motifs is 3. The lowest BCUT2D eigenvalue weighted by Crippen LogP contribution is -2.56. The van der Waals surface area contributed by atoms with Crippen molar-refractivity contribution in [3.8, 4) is 11.1 Å². The number of hydrogen-bond donors (Lipinski definition) is 4. The summed E-state index contributed by atoms with van der Waals surface area (Å²) in [6.07, 6.45) is -5.81. The van der Waals surface area contributed by atoms with Crippen LogP contribution in [0, 0.1) is 0 Å². The third-order valence-electron chi connectivity index (χ3n) is 4.86. The molecule has 7 nitrogen and oxygen atoms in total. The summed E-state index contributed by atoms with van der Waals surface area (Å²) in [4.78, 5) is 37.6. The number of rotatable bonds is 5. The fourth-order valence-electron chi connectivity index (χ4n) is 3.18. The molecule has 2 aromatic carbocycles. The van der Waals surface area contributed by atoms with E-state index in [1.165, 1.54) is 0 Å². The molecule has 31 heavy (non-hydrogen) atoms. The number of benzene rings is 2. The van der Waals surface area contributed by atoms with Crippen molar-refractivity contribution in [3.63, 3.8) is 0 Å². The van der Waals surface area contributed by atoms with Crippen LogP contribution < -0.4 is 16.0 Å². The first kappa shape index (κ1) is 22.3. The number of hydrogen-bond acceptors (Lipinski definition) is 4. The van der Waals surface area contributed by atoms with Gasteiger partial charge in [-0.05, 0) is 24.1 Å². The van der Waals surface area contributed by atoms with E-state index in [9.17, 15) is 32.7 Å². The second-order valence-electron chi connectivity index (χ2n) is 7.22. The van der Waals surface area contributed by atoms with Crippen LogP contribution in [0.25, 0.3) is 11.1 Å².